The molecule has 0 unspecified atom stereocenters. The lowest BCUT2D eigenvalue weighted by molar-refractivity contribution is -0.217. The van der Waals surface area contributed by atoms with E-state index in [4.69, 9.17) is 18.9 Å². The van der Waals surface area contributed by atoms with Crippen LogP contribution in [0.2, 0.25) is 0 Å². The van der Waals surface area contributed by atoms with Gasteiger partial charge in [-0.25, -0.2) is 0 Å². The Hall–Kier alpha value is -0.460. The van der Waals surface area contributed by atoms with Crippen LogP contribution in [0.5, 0.6) is 0 Å². The Morgan fingerprint density at radius 3 is 2.36 bits per heavy atom. The quantitative estimate of drug-likeness (QED) is 0.615. The number of rotatable bonds is 4. The summed E-state index contributed by atoms with van der Waals surface area (Å²) in [7, 11) is 0. The number of ether oxygens (including phenoxy) is 4. The van der Waals surface area contributed by atoms with E-state index >= 15 is 0 Å². The Morgan fingerprint density at radius 2 is 1.61 bits per heavy atom. The fourth-order valence-corrected chi connectivity index (χ4v) is 9.69. The molecule has 0 aromatic heterocycles. The first-order valence-corrected chi connectivity index (χ1v) is 14.0. The van der Waals surface area contributed by atoms with Gasteiger partial charge in [0.15, 0.2) is 11.6 Å². The molecule has 5 heteroatoms. The molecule has 2 aliphatic heterocycles. The van der Waals surface area contributed by atoms with Crippen molar-refractivity contribution in [1.82, 2.24) is 5.32 Å². The van der Waals surface area contributed by atoms with Gasteiger partial charge in [-0.1, -0.05) is 18.6 Å². The van der Waals surface area contributed by atoms with Gasteiger partial charge in [-0.3, -0.25) is 0 Å². The minimum atomic E-state index is -0.369. The fraction of sp³-hybridized carbons (Fsp3) is 0.929. The highest BCUT2D eigenvalue weighted by Gasteiger charge is 2.64. The van der Waals surface area contributed by atoms with Crippen molar-refractivity contribution >= 4 is 0 Å². The summed E-state index contributed by atoms with van der Waals surface area (Å²) in [5.74, 6) is 2.21. The monoisotopic (exact) mass is 457 g/mol. The van der Waals surface area contributed by atoms with Crippen LogP contribution in [0.15, 0.2) is 11.6 Å². The average Bonchev–Trinajstić information content (AvgIpc) is 3.17. The smallest absolute Gasteiger partial charge is 0.172 e. The topological polar surface area (TPSA) is 49.0 Å². The van der Waals surface area contributed by atoms with Gasteiger partial charge in [0.1, 0.15) is 0 Å². The van der Waals surface area contributed by atoms with E-state index in [9.17, 15) is 0 Å². The summed E-state index contributed by atoms with van der Waals surface area (Å²) in [6.45, 7) is 9.02. The molecule has 5 nitrogen and oxygen atoms in total. The Kier molecular flexibility index (Phi) is 4.97. The third kappa shape index (κ3) is 3.21. The highest BCUT2D eigenvalue weighted by Crippen LogP contribution is 2.68. The minimum absolute atomic E-state index is 0.301. The van der Waals surface area contributed by atoms with Gasteiger partial charge in [0, 0.05) is 36.8 Å². The van der Waals surface area contributed by atoms with Crippen molar-refractivity contribution < 1.29 is 18.9 Å². The summed E-state index contributed by atoms with van der Waals surface area (Å²) in [4.78, 5) is 0. The zero-order valence-corrected chi connectivity index (χ0v) is 20.7. The molecule has 1 spiro atoms. The third-order valence-corrected chi connectivity index (χ3v) is 11.4. The molecule has 5 aliphatic carbocycles. The molecule has 0 radical (unpaired) electrons. The number of hydrogen-bond donors (Lipinski definition) is 1. The molecule has 6 fully saturated rings. The van der Waals surface area contributed by atoms with Crippen LogP contribution < -0.4 is 5.32 Å². The summed E-state index contributed by atoms with van der Waals surface area (Å²) in [5.41, 5.74) is 2.30. The molecule has 6 atom stereocenters. The van der Waals surface area contributed by atoms with E-state index in [0.29, 0.717) is 16.7 Å². The maximum atomic E-state index is 6.23. The average molecular weight is 458 g/mol. The molecule has 4 saturated carbocycles. The number of fused-ring (bicyclic) bond motifs is 5. The second-order valence-electron chi connectivity index (χ2n) is 12.8. The van der Waals surface area contributed by atoms with Crippen molar-refractivity contribution in [3.05, 3.63) is 11.6 Å². The van der Waals surface area contributed by atoms with E-state index in [-0.39, 0.29) is 11.6 Å². The standard InChI is InChI=1S/C28H43NO4/c1-25-10-9-23-21(22(25)7-8-24(25)26(2)30-13-14-31-26)6-3-19-17-28(32-15-16-33-28)12-11-27(19,23)18-29-20-4-5-20/h3,20-24,29H,4-18H2,1-2H3/t21-,22-,23-,24-,25-,27+/m0/s1. The zero-order chi connectivity index (χ0) is 22.3. The van der Waals surface area contributed by atoms with Crippen molar-refractivity contribution in [1.29, 1.82) is 0 Å². The summed E-state index contributed by atoms with van der Waals surface area (Å²) < 4.78 is 24.9. The van der Waals surface area contributed by atoms with Crippen LogP contribution >= 0.6 is 0 Å². The lowest BCUT2D eigenvalue weighted by Gasteiger charge is -2.60. The molecule has 7 rings (SSSR count). The van der Waals surface area contributed by atoms with Crippen LogP contribution in [0.4, 0.5) is 0 Å². The van der Waals surface area contributed by atoms with Gasteiger partial charge in [-0.05, 0) is 81.5 Å². The van der Waals surface area contributed by atoms with Crippen LogP contribution in [-0.4, -0.2) is 50.6 Å². The van der Waals surface area contributed by atoms with Crippen LogP contribution in [-0.2, 0) is 18.9 Å². The minimum Gasteiger partial charge on any atom is -0.348 e. The second-order valence-corrected chi connectivity index (χ2v) is 12.8. The van der Waals surface area contributed by atoms with Gasteiger partial charge >= 0.3 is 0 Å². The van der Waals surface area contributed by atoms with Crippen molar-refractivity contribution in [2.45, 2.75) is 95.7 Å². The number of nitrogens with one attached hydrogen (secondary N) is 1. The predicted octanol–water partition coefficient (Wildman–Crippen LogP) is 4.80. The predicted molar refractivity (Wildman–Crippen MR) is 125 cm³/mol. The molecule has 1 N–H and O–H groups in total. The molecule has 0 amide bonds. The Bertz CT molecular complexity index is 811. The SMILES string of the molecule is CC1([C@H]2CC[C@H]3[C@@H]4CC=C5CC6(CC[C@]5(CNC5CC5)[C@H]4CC[C@]23C)OCCO6)OCCO1. The first-order chi connectivity index (χ1) is 16.0. The van der Waals surface area contributed by atoms with Crippen molar-refractivity contribution in [2.75, 3.05) is 33.0 Å². The highest BCUT2D eigenvalue weighted by atomic mass is 16.7. The lowest BCUT2D eigenvalue weighted by atomic mass is 9.46. The molecule has 0 aromatic rings. The maximum Gasteiger partial charge on any atom is 0.172 e. The molecule has 7 aliphatic rings. The lowest BCUT2D eigenvalue weighted by Crippen LogP contribution is -2.57. The molecule has 0 aromatic carbocycles. The summed E-state index contributed by atoms with van der Waals surface area (Å²) in [6.07, 6.45) is 15.2. The normalized spacial score (nSPS) is 47.8. The largest absolute Gasteiger partial charge is 0.348 e. The van der Waals surface area contributed by atoms with E-state index in [0.717, 1.165) is 69.6 Å². The molecule has 0 bridgehead atoms. The van der Waals surface area contributed by atoms with Gasteiger partial charge in [-0.15, -0.1) is 0 Å². The van der Waals surface area contributed by atoms with E-state index in [1.807, 2.05) is 0 Å². The molecular weight excluding hydrogens is 414 g/mol. The fourth-order valence-electron chi connectivity index (χ4n) is 9.69. The second kappa shape index (κ2) is 7.52. The molecule has 184 valence electrons. The Labute approximate surface area is 199 Å². The zero-order valence-electron chi connectivity index (χ0n) is 20.7. The Balaban J connectivity index is 1.20. The van der Waals surface area contributed by atoms with Gasteiger partial charge in [-0.2, -0.15) is 0 Å². The van der Waals surface area contributed by atoms with Crippen LogP contribution in [0.25, 0.3) is 0 Å². The van der Waals surface area contributed by atoms with Crippen molar-refractivity contribution in [2.24, 2.45) is 34.5 Å². The maximum absolute atomic E-state index is 6.23. The molecule has 2 heterocycles. The van der Waals surface area contributed by atoms with E-state index in [2.05, 4.69) is 25.2 Å². The van der Waals surface area contributed by atoms with Gasteiger partial charge in [0.25, 0.3) is 0 Å². The number of hydrogen-bond acceptors (Lipinski definition) is 5. The highest BCUT2D eigenvalue weighted by molar-refractivity contribution is 5.29. The van der Waals surface area contributed by atoms with Crippen LogP contribution in [0, 0.1) is 34.5 Å². The van der Waals surface area contributed by atoms with E-state index in [1.165, 1.54) is 51.4 Å². The van der Waals surface area contributed by atoms with E-state index < -0.39 is 0 Å². The van der Waals surface area contributed by atoms with Crippen LogP contribution in [0.3, 0.4) is 0 Å². The number of allylic oxidation sites excluding steroid dienone is 1. The van der Waals surface area contributed by atoms with Gasteiger partial charge < -0.3 is 24.3 Å². The first kappa shape index (κ1) is 21.8. The Morgan fingerprint density at radius 1 is 0.848 bits per heavy atom. The van der Waals surface area contributed by atoms with Crippen LogP contribution in [0.1, 0.15) is 78.1 Å². The first-order valence-electron chi connectivity index (χ1n) is 14.0. The van der Waals surface area contributed by atoms with Gasteiger partial charge in [0.05, 0.1) is 26.4 Å². The van der Waals surface area contributed by atoms with Crippen molar-refractivity contribution in [3.63, 3.8) is 0 Å². The molecule has 2 saturated heterocycles. The summed E-state index contributed by atoms with van der Waals surface area (Å²) >= 11 is 0. The van der Waals surface area contributed by atoms with E-state index in [1.54, 1.807) is 5.57 Å². The molecular formula is C28H43NO4. The summed E-state index contributed by atoms with van der Waals surface area (Å²) in [6, 6.07) is 0.761. The summed E-state index contributed by atoms with van der Waals surface area (Å²) in [5, 5.41) is 3.99. The van der Waals surface area contributed by atoms with Crippen molar-refractivity contribution in [3.8, 4) is 0 Å². The molecule has 33 heavy (non-hydrogen) atoms. The van der Waals surface area contributed by atoms with Gasteiger partial charge in [0.2, 0.25) is 0 Å². The third-order valence-electron chi connectivity index (χ3n) is 11.4.